The van der Waals surface area contributed by atoms with Crippen molar-refractivity contribution in [3.8, 4) is 17.6 Å². The van der Waals surface area contributed by atoms with Gasteiger partial charge in [0.2, 0.25) is 0 Å². The molecule has 0 heterocycles. The Morgan fingerprint density at radius 3 is 2.58 bits per heavy atom. The van der Waals surface area contributed by atoms with Crippen LogP contribution in [0, 0.1) is 25.2 Å². The molecular weight excluding hydrogens is 436 g/mol. The third-order valence-corrected chi connectivity index (χ3v) is 5.26. The maximum absolute atomic E-state index is 12.6. The molecule has 0 radical (unpaired) electrons. The van der Waals surface area contributed by atoms with Gasteiger partial charge >= 0.3 is 0 Å². The van der Waals surface area contributed by atoms with E-state index in [9.17, 15) is 10.1 Å². The Morgan fingerprint density at radius 1 is 1.06 bits per heavy atom. The van der Waals surface area contributed by atoms with Crippen molar-refractivity contribution in [2.45, 2.75) is 27.4 Å². The highest BCUT2D eigenvalue weighted by atomic mass is 35.5. The second kappa shape index (κ2) is 11.2. The smallest absolute Gasteiger partial charge is 0.266 e. The number of rotatable bonds is 8. The Labute approximate surface area is 199 Å². The van der Waals surface area contributed by atoms with Gasteiger partial charge in [0.25, 0.3) is 5.91 Å². The van der Waals surface area contributed by atoms with Gasteiger partial charge in [0.15, 0.2) is 11.5 Å². The number of carbonyl (C=O) groups is 1. The lowest BCUT2D eigenvalue weighted by atomic mass is 10.1. The molecular formula is C27H25ClN2O3. The normalized spacial score (nSPS) is 10.9. The van der Waals surface area contributed by atoms with E-state index in [0.29, 0.717) is 41.0 Å². The van der Waals surface area contributed by atoms with Crippen molar-refractivity contribution >= 4 is 29.3 Å². The number of nitriles is 1. The third kappa shape index (κ3) is 6.61. The van der Waals surface area contributed by atoms with Crippen LogP contribution in [-0.2, 0) is 11.4 Å². The predicted molar refractivity (Wildman–Crippen MR) is 132 cm³/mol. The number of anilines is 1. The van der Waals surface area contributed by atoms with Crippen molar-refractivity contribution in [2.75, 3.05) is 11.9 Å². The highest BCUT2D eigenvalue weighted by molar-refractivity contribution is 6.31. The number of hydrogen-bond donors (Lipinski definition) is 1. The van der Waals surface area contributed by atoms with Crippen LogP contribution in [0.15, 0.2) is 66.2 Å². The highest BCUT2D eigenvalue weighted by Crippen LogP contribution is 2.30. The summed E-state index contributed by atoms with van der Waals surface area (Å²) in [5, 5.41) is 12.8. The van der Waals surface area contributed by atoms with Gasteiger partial charge in [-0.25, -0.2) is 0 Å². The van der Waals surface area contributed by atoms with Gasteiger partial charge < -0.3 is 14.8 Å². The Morgan fingerprint density at radius 2 is 1.88 bits per heavy atom. The van der Waals surface area contributed by atoms with Crippen molar-refractivity contribution in [2.24, 2.45) is 0 Å². The maximum Gasteiger partial charge on any atom is 0.266 e. The molecule has 0 fully saturated rings. The molecule has 3 rings (SSSR count). The topological polar surface area (TPSA) is 71.3 Å². The summed E-state index contributed by atoms with van der Waals surface area (Å²) in [6.45, 7) is 6.65. The Kier molecular flexibility index (Phi) is 8.12. The number of benzene rings is 3. The number of carbonyl (C=O) groups excluding carboxylic acids is 1. The van der Waals surface area contributed by atoms with Crippen molar-refractivity contribution in [3.63, 3.8) is 0 Å². The number of aryl methyl sites for hydroxylation is 2. The van der Waals surface area contributed by atoms with E-state index >= 15 is 0 Å². The van der Waals surface area contributed by atoms with Crippen LogP contribution < -0.4 is 14.8 Å². The first-order valence-corrected chi connectivity index (χ1v) is 10.9. The van der Waals surface area contributed by atoms with Crippen LogP contribution in [0.4, 0.5) is 5.69 Å². The van der Waals surface area contributed by atoms with Gasteiger partial charge in [0.1, 0.15) is 18.2 Å². The number of hydrogen-bond acceptors (Lipinski definition) is 4. The number of ether oxygens (including phenoxy) is 2. The van der Waals surface area contributed by atoms with Gasteiger partial charge in [-0.1, -0.05) is 53.6 Å². The predicted octanol–water partition coefficient (Wildman–Crippen LogP) is 6.48. The average Bonchev–Trinajstić information content (AvgIpc) is 2.79. The summed E-state index contributed by atoms with van der Waals surface area (Å²) < 4.78 is 11.7. The lowest BCUT2D eigenvalue weighted by Gasteiger charge is -2.13. The molecule has 33 heavy (non-hydrogen) atoms. The van der Waals surface area contributed by atoms with Gasteiger partial charge in [-0.2, -0.15) is 5.26 Å². The number of nitrogens with one attached hydrogen (secondary N) is 1. The van der Waals surface area contributed by atoms with E-state index in [1.165, 1.54) is 6.08 Å². The largest absolute Gasteiger partial charge is 0.490 e. The van der Waals surface area contributed by atoms with Gasteiger partial charge in [0, 0.05) is 10.7 Å². The minimum Gasteiger partial charge on any atom is -0.490 e. The van der Waals surface area contributed by atoms with Crippen LogP contribution in [-0.4, -0.2) is 12.5 Å². The molecule has 1 amide bonds. The van der Waals surface area contributed by atoms with Gasteiger partial charge in [-0.05, 0) is 67.8 Å². The summed E-state index contributed by atoms with van der Waals surface area (Å²) in [6.07, 6.45) is 1.51. The highest BCUT2D eigenvalue weighted by Gasteiger charge is 2.12. The van der Waals surface area contributed by atoms with E-state index in [1.807, 2.05) is 45.0 Å². The third-order valence-electron chi connectivity index (χ3n) is 4.85. The molecule has 3 aromatic carbocycles. The molecule has 0 aliphatic carbocycles. The second-order valence-corrected chi connectivity index (χ2v) is 7.91. The first-order valence-electron chi connectivity index (χ1n) is 10.5. The number of nitrogens with zero attached hydrogens (tertiary/aromatic N) is 1. The minimum absolute atomic E-state index is 0.0393. The number of amides is 1. The van der Waals surface area contributed by atoms with Crippen LogP contribution in [0.3, 0.4) is 0 Å². The van der Waals surface area contributed by atoms with Crippen LogP contribution in [0.2, 0.25) is 5.02 Å². The van der Waals surface area contributed by atoms with Gasteiger partial charge in [-0.15, -0.1) is 0 Å². The molecule has 0 unspecified atom stereocenters. The zero-order valence-electron chi connectivity index (χ0n) is 18.8. The van der Waals surface area contributed by atoms with Crippen molar-refractivity contribution in [3.05, 3.63) is 93.5 Å². The number of halogens is 1. The first-order chi connectivity index (χ1) is 15.9. The monoisotopic (exact) mass is 460 g/mol. The second-order valence-electron chi connectivity index (χ2n) is 7.50. The molecule has 5 nitrogen and oxygen atoms in total. The fourth-order valence-electron chi connectivity index (χ4n) is 3.15. The summed E-state index contributed by atoms with van der Waals surface area (Å²) in [6, 6.07) is 20.6. The Hall–Kier alpha value is -3.75. The van der Waals surface area contributed by atoms with Crippen molar-refractivity contribution < 1.29 is 14.3 Å². The van der Waals surface area contributed by atoms with E-state index in [1.54, 1.807) is 36.4 Å². The standard InChI is InChI=1S/C27H25ClN2O3/c1-4-32-26-14-20(9-11-25(26)33-17-21-7-5-6-18(2)12-21)13-22(16-29)27(31)30-23-10-8-19(3)24(28)15-23/h5-15H,4,17H2,1-3H3,(H,30,31)/b22-13+. The van der Waals surface area contributed by atoms with Crippen LogP contribution in [0.1, 0.15) is 29.2 Å². The minimum atomic E-state index is -0.518. The average molecular weight is 461 g/mol. The molecule has 168 valence electrons. The van der Waals surface area contributed by atoms with Crippen molar-refractivity contribution in [1.82, 2.24) is 0 Å². The molecule has 0 aromatic heterocycles. The van der Waals surface area contributed by atoms with Gasteiger partial charge in [-0.3, -0.25) is 4.79 Å². The summed E-state index contributed by atoms with van der Waals surface area (Å²) in [5.74, 6) is 0.616. The Balaban J connectivity index is 1.78. The summed E-state index contributed by atoms with van der Waals surface area (Å²) in [5.41, 5.74) is 4.25. The molecule has 0 bridgehead atoms. The first kappa shape index (κ1) is 23.9. The summed E-state index contributed by atoms with van der Waals surface area (Å²) in [4.78, 5) is 12.6. The molecule has 0 saturated carbocycles. The Bertz CT molecular complexity index is 1230. The summed E-state index contributed by atoms with van der Waals surface area (Å²) >= 11 is 6.12. The molecule has 0 atom stereocenters. The fraction of sp³-hybridized carbons (Fsp3) is 0.185. The lowest BCUT2D eigenvalue weighted by Crippen LogP contribution is -2.13. The van der Waals surface area contributed by atoms with Crippen LogP contribution >= 0.6 is 11.6 Å². The van der Waals surface area contributed by atoms with Gasteiger partial charge in [0.05, 0.1) is 6.61 Å². The molecule has 0 saturated heterocycles. The van der Waals surface area contributed by atoms with E-state index in [-0.39, 0.29) is 5.57 Å². The zero-order chi connectivity index (χ0) is 23.8. The van der Waals surface area contributed by atoms with Crippen LogP contribution in [0.5, 0.6) is 11.5 Å². The SMILES string of the molecule is CCOc1cc(/C=C(\C#N)C(=O)Nc2ccc(C)c(Cl)c2)ccc1OCc1cccc(C)c1. The molecule has 3 aromatic rings. The van der Waals surface area contributed by atoms with E-state index < -0.39 is 5.91 Å². The molecule has 0 aliphatic rings. The van der Waals surface area contributed by atoms with Crippen molar-refractivity contribution in [1.29, 1.82) is 5.26 Å². The van der Waals surface area contributed by atoms with Crippen LogP contribution in [0.25, 0.3) is 6.08 Å². The molecule has 6 heteroatoms. The van der Waals surface area contributed by atoms with E-state index in [4.69, 9.17) is 21.1 Å². The van der Waals surface area contributed by atoms with E-state index in [0.717, 1.165) is 16.7 Å². The summed E-state index contributed by atoms with van der Waals surface area (Å²) in [7, 11) is 0. The molecule has 1 N–H and O–H groups in total. The maximum atomic E-state index is 12.6. The fourth-order valence-corrected chi connectivity index (χ4v) is 3.33. The quantitative estimate of drug-likeness (QED) is 0.308. The van der Waals surface area contributed by atoms with E-state index in [2.05, 4.69) is 11.4 Å². The molecule has 0 spiro atoms. The zero-order valence-corrected chi connectivity index (χ0v) is 19.6. The lowest BCUT2D eigenvalue weighted by molar-refractivity contribution is -0.112. The molecule has 0 aliphatic heterocycles.